The van der Waals surface area contributed by atoms with Crippen molar-refractivity contribution in [2.24, 2.45) is 0 Å². The third-order valence-corrected chi connectivity index (χ3v) is 2.89. The minimum atomic E-state index is -0.404. The van der Waals surface area contributed by atoms with E-state index >= 15 is 0 Å². The standard InChI is InChI=1S/C17H16N2O2/c1-13-11-14(2)18-16(12-13)6-4-3-5-15-7-9-17(10-8-15)19(20)21/h3-12H,1-2H3/b5-3+,6-4+. The molecule has 0 N–H and O–H groups in total. The van der Waals surface area contributed by atoms with Crippen LogP contribution < -0.4 is 0 Å². The van der Waals surface area contributed by atoms with Gasteiger partial charge in [0, 0.05) is 17.8 Å². The van der Waals surface area contributed by atoms with E-state index in [1.54, 1.807) is 12.1 Å². The Labute approximate surface area is 123 Å². The third kappa shape index (κ3) is 4.38. The number of aromatic nitrogens is 1. The highest BCUT2D eigenvalue weighted by Crippen LogP contribution is 2.13. The summed E-state index contributed by atoms with van der Waals surface area (Å²) in [5.74, 6) is 0. The first-order chi connectivity index (χ1) is 10.0. The summed E-state index contributed by atoms with van der Waals surface area (Å²) in [5.41, 5.74) is 4.11. The number of pyridine rings is 1. The molecule has 2 aromatic rings. The van der Waals surface area contributed by atoms with E-state index in [0.29, 0.717) is 0 Å². The van der Waals surface area contributed by atoms with Crippen LogP contribution in [0.4, 0.5) is 5.69 Å². The van der Waals surface area contributed by atoms with E-state index in [9.17, 15) is 10.1 Å². The molecule has 2 rings (SSSR count). The molecule has 0 saturated carbocycles. The van der Waals surface area contributed by atoms with Gasteiger partial charge in [-0.1, -0.05) is 18.2 Å². The zero-order valence-corrected chi connectivity index (χ0v) is 12.0. The van der Waals surface area contributed by atoms with E-state index in [1.165, 1.54) is 17.7 Å². The van der Waals surface area contributed by atoms with E-state index in [0.717, 1.165) is 17.0 Å². The van der Waals surface area contributed by atoms with Crippen molar-refractivity contribution >= 4 is 17.8 Å². The molecule has 0 saturated heterocycles. The molecule has 1 aromatic heterocycles. The van der Waals surface area contributed by atoms with Crippen LogP contribution in [0.3, 0.4) is 0 Å². The van der Waals surface area contributed by atoms with E-state index in [1.807, 2.05) is 50.3 Å². The first-order valence-electron chi connectivity index (χ1n) is 6.59. The minimum Gasteiger partial charge on any atom is -0.258 e. The SMILES string of the molecule is Cc1cc(C)nc(/C=C/C=C/c2ccc([N+](=O)[O-])cc2)c1. The molecule has 0 fully saturated rings. The normalized spacial score (nSPS) is 11.3. The van der Waals surface area contributed by atoms with Crippen LogP contribution in [0.2, 0.25) is 0 Å². The number of nitro benzene ring substituents is 1. The molecular weight excluding hydrogens is 264 g/mol. The molecule has 0 aliphatic rings. The molecule has 0 amide bonds. The molecule has 0 aliphatic heterocycles. The smallest absolute Gasteiger partial charge is 0.258 e. The van der Waals surface area contributed by atoms with Gasteiger partial charge in [0.15, 0.2) is 0 Å². The lowest BCUT2D eigenvalue weighted by Crippen LogP contribution is -1.87. The number of aryl methyl sites for hydroxylation is 2. The topological polar surface area (TPSA) is 56.0 Å². The van der Waals surface area contributed by atoms with E-state index in [4.69, 9.17) is 0 Å². The Morgan fingerprint density at radius 2 is 1.71 bits per heavy atom. The lowest BCUT2D eigenvalue weighted by atomic mass is 10.2. The van der Waals surface area contributed by atoms with Crippen LogP contribution in [0.1, 0.15) is 22.5 Å². The Morgan fingerprint density at radius 1 is 1.05 bits per heavy atom. The van der Waals surface area contributed by atoms with Crippen LogP contribution >= 0.6 is 0 Å². The number of hydrogen-bond acceptors (Lipinski definition) is 3. The van der Waals surface area contributed by atoms with E-state index in [-0.39, 0.29) is 5.69 Å². The Kier molecular flexibility index (Phi) is 4.61. The number of benzene rings is 1. The summed E-state index contributed by atoms with van der Waals surface area (Å²) in [5, 5.41) is 10.6. The van der Waals surface area contributed by atoms with Gasteiger partial charge in [-0.3, -0.25) is 15.1 Å². The van der Waals surface area contributed by atoms with Crippen LogP contribution in [0.25, 0.3) is 12.2 Å². The quantitative estimate of drug-likeness (QED) is 0.475. The largest absolute Gasteiger partial charge is 0.269 e. The van der Waals surface area contributed by atoms with Crippen LogP contribution in [0.5, 0.6) is 0 Å². The van der Waals surface area contributed by atoms with Crippen molar-refractivity contribution in [1.29, 1.82) is 0 Å². The molecule has 0 spiro atoms. The van der Waals surface area contributed by atoms with Gasteiger partial charge in [-0.15, -0.1) is 0 Å². The first kappa shape index (κ1) is 14.7. The summed E-state index contributed by atoms with van der Waals surface area (Å²) >= 11 is 0. The van der Waals surface area contributed by atoms with E-state index in [2.05, 4.69) is 4.98 Å². The van der Waals surface area contributed by atoms with Gasteiger partial charge in [-0.05, 0) is 55.3 Å². The van der Waals surface area contributed by atoms with Crippen molar-refractivity contribution in [3.8, 4) is 0 Å². The van der Waals surface area contributed by atoms with Crippen molar-refractivity contribution in [3.05, 3.63) is 81.2 Å². The highest BCUT2D eigenvalue weighted by molar-refractivity contribution is 5.57. The van der Waals surface area contributed by atoms with Crippen LogP contribution in [0, 0.1) is 24.0 Å². The summed E-state index contributed by atoms with van der Waals surface area (Å²) in [4.78, 5) is 14.6. The Hall–Kier alpha value is -2.75. The van der Waals surface area contributed by atoms with Gasteiger partial charge < -0.3 is 0 Å². The molecule has 1 aromatic carbocycles. The summed E-state index contributed by atoms with van der Waals surface area (Å²) in [6.07, 6.45) is 7.62. The van der Waals surface area contributed by atoms with Crippen LogP contribution in [-0.2, 0) is 0 Å². The fourth-order valence-electron chi connectivity index (χ4n) is 1.99. The maximum Gasteiger partial charge on any atom is 0.269 e. The number of allylic oxidation sites excluding steroid dienone is 2. The number of nitro groups is 1. The second-order valence-corrected chi connectivity index (χ2v) is 4.78. The minimum absolute atomic E-state index is 0.0992. The summed E-state index contributed by atoms with van der Waals surface area (Å²) in [7, 11) is 0. The Balaban J connectivity index is 2.04. The maximum absolute atomic E-state index is 10.6. The average molecular weight is 280 g/mol. The van der Waals surface area contributed by atoms with Crippen molar-refractivity contribution in [3.63, 3.8) is 0 Å². The predicted molar refractivity (Wildman–Crippen MR) is 84.9 cm³/mol. The van der Waals surface area contributed by atoms with Crippen molar-refractivity contribution < 1.29 is 4.92 Å². The van der Waals surface area contributed by atoms with Crippen molar-refractivity contribution in [2.75, 3.05) is 0 Å². The molecule has 1 heterocycles. The number of rotatable bonds is 4. The molecule has 0 aliphatic carbocycles. The fourth-order valence-corrected chi connectivity index (χ4v) is 1.99. The molecule has 0 unspecified atom stereocenters. The van der Waals surface area contributed by atoms with Gasteiger partial charge in [0.1, 0.15) is 0 Å². The van der Waals surface area contributed by atoms with E-state index < -0.39 is 4.92 Å². The second kappa shape index (κ2) is 6.61. The molecule has 0 atom stereocenters. The monoisotopic (exact) mass is 280 g/mol. The van der Waals surface area contributed by atoms with Gasteiger partial charge in [0.2, 0.25) is 0 Å². The zero-order chi connectivity index (χ0) is 15.2. The molecule has 4 heteroatoms. The molecular formula is C17H16N2O2. The first-order valence-corrected chi connectivity index (χ1v) is 6.59. The molecule has 21 heavy (non-hydrogen) atoms. The predicted octanol–water partition coefficient (Wildman–Crippen LogP) is 4.33. The Bertz CT molecular complexity index is 681. The van der Waals surface area contributed by atoms with Gasteiger partial charge in [-0.2, -0.15) is 0 Å². The molecule has 0 radical (unpaired) electrons. The highest BCUT2D eigenvalue weighted by atomic mass is 16.6. The average Bonchev–Trinajstić information content (AvgIpc) is 2.43. The number of hydrogen-bond donors (Lipinski definition) is 0. The second-order valence-electron chi connectivity index (χ2n) is 4.78. The lowest BCUT2D eigenvalue weighted by Gasteiger charge is -1.98. The van der Waals surface area contributed by atoms with Gasteiger partial charge in [0.25, 0.3) is 5.69 Å². The lowest BCUT2D eigenvalue weighted by molar-refractivity contribution is -0.384. The summed E-state index contributed by atoms with van der Waals surface area (Å²) in [6, 6.07) is 10.5. The molecule has 0 bridgehead atoms. The summed E-state index contributed by atoms with van der Waals surface area (Å²) in [6.45, 7) is 4.01. The maximum atomic E-state index is 10.6. The van der Waals surface area contributed by atoms with Crippen molar-refractivity contribution in [1.82, 2.24) is 4.98 Å². The summed E-state index contributed by atoms with van der Waals surface area (Å²) < 4.78 is 0. The van der Waals surface area contributed by atoms with Gasteiger partial charge in [0.05, 0.1) is 10.6 Å². The van der Waals surface area contributed by atoms with Gasteiger partial charge in [-0.25, -0.2) is 0 Å². The molecule has 4 nitrogen and oxygen atoms in total. The Morgan fingerprint density at radius 3 is 2.33 bits per heavy atom. The number of non-ortho nitro benzene ring substituents is 1. The molecule has 106 valence electrons. The highest BCUT2D eigenvalue weighted by Gasteiger charge is 2.01. The zero-order valence-electron chi connectivity index (χ0n) is 12.0. The van der Waals surface area contributed by atoms with Crippen molar-refractivity contribution in [2.45, 2.75) is 13.8 Å². The van der Waals surface area contributed by atoms with Crippen LogP contribution in [-0.4, -0.2) is 9.91 Å². The van der Waals surface area contributed by atoms with Crippen LogP contribution in [0.15, 0.2) is 48.6 Å². The number of nitrogens with zero attached hydrogens (tertiary/aromatic N) is 2. The fraction of sp³-hybridized carbons (Fsp3) is 0.118. The third-order valence-electron chi connectivity index (χ3n) is 2.89. The van der Waals surface area contributed by atoms with Gasteiger partial charge >= 0.3 is 0 Å².